The first kappa shape index (κ1) is 52.8. The van der Waals surface area contributed by atoms with E-state index in [9.17, 15) is 38.4 Å². The van der Waals surface area contributed by atoms with Gasteiger partial charge >= 0.3 is 36.1 Å². The molecule has 0 aliphatic carbocycles. The number of nitrogens with two attached hydrogens (primary N) is 1. The third kappa shape index (κ3) is 24.1. The number of aliphatic carboxylic acids is 2. The fourth-order valence-corrected chi connectivity index (χ4v) is 3.77. The number of carboxylic acids is 2. The van der Waals surface area contributed by atoms with E-state index in [2.05, 4.69) is 10.2 Å². The molecule has 1 aliphatic heterocycles. The molecule has 0 bridgehead atoms. The van der Waals surface area contributed by atoms with Gasteiger partial charge in [0.25, 0.3) is 11.8 Å². The van der Waals surface area contributed by atoms with Gasteiger partial charge in [-0.05, 0) is 52.7 Å². The van der Waals surface area contributed by atoms with E-state index in [1.54, 1.807) is 90.1 Å². The van der Waals surface area contributed by atoms with Crippen molar-refractivity contribution >= 4 is 74.9 Å². The van der Waals surface area contributed by atoms with Gasteiger partial charge in [0.15, 0.2) is 0 Å². The van der Waals surface area contributed by atoms with Crippen LogP contribution in [0.3, 0.4) is 0 Å². The third-order valence-corrected chi connectivity index (χ3v) is 6.05. The lowest BCUT2D eigenvalue weighted by Crippen LogP contribution is -2.45. The van der Waals surface area contributed by atoms with Gasteiger partial charge in [-0.1, -0.05) is 65.7 Å². The molecule has 5 N–H and O–H groups in total. The molecule has 0 radical (unpaired) electrons. The van der Waals surface area contributed by atoms with E-state index in [4.69, 9.17) is 34.9 Å². The highest BCUT2D eigenvalue weighted by Crippen LogP contribution is 2.14. The first-order valence-electron chi connectivity index (χ1n) is 16.4. The standard InChI is InChI=1S/C16H21NO6.C12H11NO5.C8H15NO4.2H2S/c1-16(2,3)23-14(20)12(9-13(18)19)17-15(21)22-10-11-7-5-4-6-8-11;14-10-6-7-11(15)13(10)18-12(16)17-8-9-4-2-1-3-5-9;1-8(2,3)13-7(12)5(9)4-6(10)11;;/h4-8,12H,9-10H2,1-3H3,(H,17,21)(H,18,19);1-5H,6-8H2;5H,4,9H2,1-3H3,(H,10,11);2*1H2/t12-;;5-;;/m0.0../s1. The van der Waals surface area contributed by atoms with E-state index >= 15 is 0 Å². The number of ether oxygens (including phenoxy) is 4. The number of carbonyl (C=O) groups is 8. The van der Waals surface area contributed by atoms with Crippen LogP contribution in [0.4, 0.5) is 9.59 Å². The Kier molecular flexibility index (Phi) is 24.2. The maximum Gasteiger partial charge on any atom is 0.534 e. The second kappa shape index (κ2) is 25.7. The fourth-order valence-electron chi connectivity index (χ4n) is 3.77. The summed E-state index contributed by atoms with van der Waals surface area (Å²) >= 11 is 0. The zero-order valence-corrected chi connectivity index (χ0v) is 33.9. The Bertz CT molecular complexity index is 1580. The molecule has 2 aromatic carbocycles. The number of esters is 2. The number of carbonyl (C=O) groups excluding carboxylic acids is 6. The molecule has 56 heavy (non-hydrogen) atoms. The van der Waals surface area contributed by atoms with Crippen LogP contribution >= 0.6 is 27.0 Å². The van der Waals surface area contributed by atoms with Crippen molar-refractivity contribution < 1.29 is 72.4 Å². The van der Waals surface area contributed by atoms with Crippen molar-refractivity contribution in [2.24, 2.45) is 5.73 Å². The lowest BCUT2D eigenvalue weighted by molar-refractivity contribution is -0.177. The second-order valence-corrected chi connectivity index (χ2v) is 13.3. The average molecular weight is 830 g/mol. The Balaban J connectivity index is 0. The molecule has 20 heteroatoms. The fraction of sp³-hybridized carbons (Fsp3) is 0.444. The molecule has 18 nitrogen and oxygen atoms in total. The number of alkyl carbamates (subject to hydrolysis) is 1. The molecule has 2 atom stereocenters. The molecule has 0 spiro atoms. The van der Waals surface area contributed by atoms with E-state index in [-0.39, 0.29) is 53.0 Å². The molecule has 2 aromatic rings. The molecule has 3 amide bonds. The third-order valence-electron chi connectivity index (χ3n) is 6.05. The molecule has 0 saturated carbocycles. The number of carboxylic acid groups (broad SMARTS) is 2. The Morgan fingerprint density at radius 3 is 1.52 bits per heavy atom. The van der Waals surface area contributed by atoms with Crippen LogP contribution in [0.1, 0.15) is 78.4 Å². The lowest BCUT2D eigenvalue weighted by atomic mass is 10.1. The zero-order valence-electron chi connectivity index (χ0n) is 31.9. The number of hydrogen-bond acceptors (Lipinski definition) is 14. The maximum absolute atomic E-state index is 11.9. The molecule has 1 aliphatic rings. The summed E-state index contributed by atoms with van der Waals surface area (Å²) < 4.78 is 19.7. The van der Waals surface area contributed by atoms with Crippen LogP contribution in [0, 0.1) is 0 Å². The highest BCUT2D eigenvalue weighted by molar-refractivity contribution is 7.59. The van der Waals surface area contributed by atoms with Gasteiger partial charge in [0, 0.05) is 12.8 Å². The van der Waals surface area contributed by atoms with Gasteiger partial charge in [0.05, 0.1) is 12.8 Å². The summed E-state index contributed by atoms with van der Waals surface area (Å²) in [6.45, 7) is 10.1. The Labute approximate surface area is 338 Å². The van der Waals surface area contributed by atoms with Gasteiger partial charge < -0.3 is 40.2 Å². The molecule has 1 saturated heterocycles. The number of imide groups is 1. The summed E-state index contributed by atoms with van der Waals surface area (Å²) in [5.74, 6) is -4.91. The minimum absolute atomic E-state index is 0. The van der Waals surface area contributed by atoms with Crippen molar-refractivity contribution in [2.75, 3.05) is 0 Å². The quantitative estimate of drug-likeness (QED) is 0.134. The summed E-state index contributed by atoms with van der Waals surface area (Å²) in [5.41, 5.74) is 5.41. The summed E-state index contributed by atoms with van der Waals surface area (Å²) in [6.07, 6.45) is -2.83. The number of rotatable bonds is 12. The largest absolute Gasteiger partial charge is 0.534 e. The van der Waals surface area contributed by atoms with Gasteiger partial charge in [-0.25, -0.2) is 14.4 Å². The van der Waals surface area contributed by atoms with Gasteiger partial charge in [0.1, 0.15) is 36.5 Å². The van der Waals surface area contributed by atoms with E-state index in [0.29, 0.717) is 5.06 Å². The van der Waals surface area contributed by atoms with E-state index in [0.717, 1.165) is 11.1 Å². The molecule has 1 heterocycles. The normalized spacial score (nSPS) is 12.9. The number of amides is 3. The van der Waals surface area contributed by atoms with Crippen LogP contribution in [0.2, 0.25) is 0 Å². The molecular formula is C36H51N3O15S2. The summed E-state index contributed by atoms with van der Waals surface area (Å²) in [4.78, 5) is 93.9. The number of nitrogens with one attached hydrogen (secondary N) is 1. The predicted molar refractivity (Wildman–Crippen MR) is 207 cm³/mol. The Morgan fingerprint density at radius 2 is 1.11 bits per heavy atom. The van der Waals surface area contributed by atoms with Crippen molar-refractivity contribution in [1.29, 1.82) is 0 Å². The van der Waals surface area contributed by atoms with E-state index in [1.807, 2.05) is 12.1 Å². The van der Waals surface area contributed by atoms with Crippen molar-refractivity contribution in [2.45, 2.75) is 104 Å². The number of hydrogen-bond donors (Lipinski definition) is 4. The maximum atomic E-state index is 11.9. The highest BCUT2D eigenvalue weighted by atomic mass is 32.1. The highest BCUT2D eigenvalue weighted by Gasteiger charge is 2.33. The Hall–Kier alpha value is -5.34. The van der Waals surface area contributed by atoms with Crippen LogP contribution in [0.5, 0.6) is 0 Å². The zero-order chi connectivity index (χ0) is 41.1. The first-order chi connectivity index (χ1) is 25.1. The van der Waals surface area contributed by atoms with Crippen LogP contribution in [0.15, 0.2) is 60.7 Å². The number of nitrogens with zero attached hydrogens (tertiary/aromatic N) is 1. The molecule has 1 fully saturated rings. The monoisotopic (exact) mass is 829 g/mol. The summed E-state index contributed by atoms with van der Waals surface area (Å²) in [7, 11) is 0. The van der Waals surface area contributed by atoms with Crippen LogP contribution in [-0.4, -0.2) is 86.5 Å². The van der Waals surface area contributed by atoms with E-state index in [1.165, 1.54) is 0 Å². The van der Waals surface area contributed by atoms with Crippen LogP contribution in [-0.2, 0) is 65.8 Å². The lowest BCUT2D eigenvalue weighted by Gasteiger charge is -2.23. The molecular weight excluding hydrogens is 779 g/mol. The van der Waals surface area contributed by atoms with Gasteiger partial charge in [-0.15, -0.1) is 0 Å². The molecule has 0 aromatic heterocycles. The number of benzene rings is 2. The minimum Gasteiger partial charge on any atom is -0.481 e. The summed E-state index contributed by atoms with van der Waals surface area (Å²) in [5, 5.41) is 19.9. The molecule has 312 valence electrons. The second-order valence-electron chi connectivity index (χ2n) is 13.3. The topological polar surface area (TPSA) is 264 Å². The van der Waals surface area contributed by atoms with Crippen molar-refractivity contribution in [3.8, 4) is 0 Å². The summed E-state index contributed by atoms with van der Waals surface area (Å²) in [6, 6.07) is 15.6. The average Bonchev–Trinajstić information content (AvgIpc) is 3.37. The van der Waals surface area contributed by atoms with Gasteiger partial charge in [-0.2, -0.15) is 27.0 Å². The van der Waals surface area contributed by atoms with Crippen molar-refractivity contribution in [3.05, 3.63) is 71.8 Å². The van der Waals surface area contributed by atoms with Crippen molar-refractivity contribution in [1.82, 2.24) is 10.4 Å². The smallest absolute Gasteiger partial charge is 0.481 e. The number of hydroxylamine groups is 2. The van der Waals surface area contributed by atoms with Crippen LogP contribution in [0.25, 0.3) is 0 Å². The van der Waals surface area contributed by atoms with Gasteiger partial charge in [0.2, 0.25) is 0 Å². The van der Waals surface area contributed by atoms with E-state index < -0.39 is 84.1 Å². The SMILES string of the molecule is CC(C)(C)OC(=O)[C@@H](N)CC(=O)O.CC(C)(C)OC(=O)[C@H](CC(=O)O)NC(=O)OCc1ccccc1.O=C(OCc1ccccc1)ON1C(=O)CCC1=O.S.S. The molecule has 3 rings (SSSR count). The molecule has 0 unspecified atom stereocenters. The van der Waals surface area contributed by atoms with Crippen molar-refractivity contribution in [3.63, 3.8) is 0 Å². The predicted octanol–water partition coefficient (Wildman–Crippen LogP) is 3.86. The first-order valence-corrected chi connectivity index (χ1v) is 16.4. The Morgan fingerprint density at radius 1 is 0.696 bits per heavy atom. The van der Waals surface area contributed by atoms with Crippen LogP contribution < -0.4 is 11.1 Å². The van der Waals surface area contributed by atoms with Gasteiger partial charge in [-0.3, -0.25) is 28.8 Å². The minimum atomic E-state index is -1.31.